The number of anilines is 3. The minimum Gasteiger partial charge on any atom is -0.504 e. The highest BCUT2D eigenvalue weighted by atomic mass is 35.5. The van der Waals surface area contributed by atoms with Gasteiger partial charge < -0.3 is 14.7 Å². The zero-order valence-corrected chi connectivity index (χ0v) is 30.2. The molecule has 2 saturated heterocycles. The number of aromatic hydroxyl groups is 1. The molecule has 0 aromatic heterocycles. The third-order valence-corrected chi connectivity index (χ3v) is 12.1. The molecule has 15 nitrogen and oxygen atoms in total. The van der Waals surface area contributed by atoms with Crippen molar-refractivity contribution in [1.29, 1.82) is 0 Å². The normalized spacial score (nSPS) is 27.3. The molecule has 3 aromatic rings. The third-order valence-electron chi connectivity index (χ3n) is 10.7. The molecule has 0 spiro atoms. The summed E-state index contributed by atoms with van der Waals surface area (Å²) in [5.41, 5.74) is -1.87. The topological polar surface area (TPSA) is 194 Å². The molecule has 2 aliphatic carbocycles. The largest absolute Gasteiger partial charge is 0.504 e. The lowest BCUT2D eigenvalue weighted by atomic mass is 9.56. The summed E-state index contributed by atoms with van der Waals surface area (Å²) in [4.78, 5) is 78.2. The fourth-order valence-electron chi connectivity index (χ4n) is 8.50. The Morgan fingerprint density at radius 3 is 2.13 bits per heavy atom. The van der Waals surface area contributed by atoms with Crippen LogP contribution in [0.3, 0.4) is 0 Å². The number of ether oxygens (including phenoxy) is 1. The Balaban J connectivity index is 1.40. The van der Waals surface area contributed by atoms with E-state index in [2.05, 4.69) is 0 Å². The van der Waals surface area contributed by atoms with Crippen LogP contribution in [0.2, 0.25) is 0 Å². The van der Waals surface area contributed by atoms with Crippen LogP contribution in [-0.4, -0.2) is 69.0 Å². The fourth-order valence-corrected chi connectivity index (χ4v) is 9.43. The number of amides is 4. The number of carbonyl (C=O) groups is 4. The van der Waals surface area contributed by atoms with Gasteiger partial charge in [0, 0.05) is 37.7 Å². The summed E-state index contributed by atoms with van der Waals surface area (Å²) in [5, 5.41) is 35.8. The number of benzene rings is 3. The van der Waals surface area contributed by atoms with E-state index in [9.17, 15) is 48.9 Å². The van der Waals surface area contributed by atoms with Crippen LogP contribution in [0.5, 0.6) is 11.5 Å². The summed E-state index contributed by atoms with van der Waals surface area (Å²) in [6, 6.07) is 10.8. The first-order chi connectivity index (χ1) is 25.5. The molecule has 280 valence electrons. The summed E-state index contributed by atoms with van der Waals surface area (Å²) in [7, 11) is 2.74. The molecule has 0 bridgehead atoms. The van der Waals surface area contributed by atoms with Gasteiger partial charge in [0.1, 0.15) is 5.82 Å². The van der Waals surface area contributed by atoms with Crippen LogP contribution < -0.4 is 19.4 Å². The Morgan fingerprint density at radius 2 is 1.56 bits per heavy atom. The standard InChI is InChI=1S/C36H30Cl2FN5O10/c1-4-54-26-7-5-6-22(30(26)45)28-20-12-13-21-27(23(20)16-35(37)33(48)42(34(49)36(28,35)38)18-10-8-17(39)9-11-18)32(47)41(31(21)46)19-14-24(43(50)51)29(40(2)3)25(15-19)44(52)53/h5-12,14-15,21,23,27-28,45H,4,13,16H2,1-3H3. The van der Waals surface area contributed by atoms with Gasteiger partial charge in [0.05, 0.1) is 39.7 Å². The van der Waals surface area contributed by atoms with Gasteiger partial charge in [-0.05, 0) is 56.0 Å². The first kappa shape index (κ1) is 36.7. The molecule has 18 heteroatoms. The van der Waals surface area contributed by atoms with Crippen LogP contribution in [0.25, 0.3) is 0 Å². The highest BCUT2D eigenvalue weighted by molar-refractivity contribution is 6.58. The van der Waals surface area contributed by atoms with E-state index >= 15 is 0 Å². The van der Waals surface area contributed by atoms with Gasteiger partial charge in [0.15, 0.2) is 26.9 Å². The molecule has 3 fully saturated rings. The van der Waals surface area contributed by atoms with Gasteiger partial charge in [0.2, 0.25) is 11.8 Å². The Labute approximate surface area is 315 Å². The number of phenolic OH excluding ortho intramolecular Hbond substituents is 1. The number of carbonyl (C=O) groups excluding carboxylic acids is 4. The van der Waals surface area contributed by atoms with Crippen LogP contribution in [0, 0.1) is 43.8 Å². The van der Waals surface area contributed by atoms with Gasteiger partial charge in [-0.3, -0.25) is 39.4 Å². The smallest absolute Gasteiger partial charge is 0.301 e. The van der Waals surface area contributed by atoms with Crippen molar-refractivity contribution in [2.45, 2.75) is 35.4 Å². The van der Waals surface area contributed by atoms with E-state index in [-0.39, 0.29) is 35.7 Å². The maximum Gasteiger partial charge on any atom is 0.301 e. The maximum atomic E-state index is 14.6. The number of fused-ring (bicyclic) bond motifs is 4. The Morgan fingerprint density at radius 1 is 0.926 bits per heavy atom. The van der Waals surface area contributed by atoms with Gasteiger partial charge in [-0.1, -0.05) is 23.8 Å². The number of imide groups is 2. The summed E-state index contributed by atoms with van der Waals surface area (Å²) in [6.07, 6.45) is 1.05. The first-order valence-electron chi connectivity index (χ1n) is 16.7. The molecular formula is C36H30Cl2FN5O10. The van der Waals surface area contributed by atoms with Crippen molar-refractivity contribution < 1.29 is 43.3 Å². The number of phenols is 1. The van der Waals surface area contributed by atoms with Crippen molar-refractivity contribution >= 4 is 75.3 Å². The Hall–Kier alpha value is -5.61. The van der Waals surface area contributed by atoms with Crippen molar-refractivity contribution in [3.05, 3.63) is 97.9 Å². The lowest BCUT2D eigenvalue weighted by molar-refractivity contribution is -0.392. The number of hydrogen-bond acceptors (Lipinski definition) is 11. The van der Waals surface area contributed by atoms with E-state index in [0.29, 0.717) is 10.5 Å². The number of nitro benzene ring substituents is 2. The summed E-state index contributed by atoms with van der Waals surface area (Å²) in [6.45, 7) is 1.83. The molecule has 0 radical (unpaired) electrons. The Kier molecular flexibility index (Phi) is 8.68. The summed E-state index contributed by atoms with van der Waals surface area (Å²) in [5.74, 6) is -9.51. The van der Waals surface area contributed by atoms with Crippen molar-refractivity contribution in [1.82, 2.24) is 0 Å². The van der Waals surface area contributed by atoms with Crippen LogP contribution in [-0.2, 0) is 19.2 Å². The quantitative estimate of drug-likeness (QED) is 0.0986. The van der Waals surface area contributed by atoms with Gasteiger partial charge >= 0.3 is 11.4 Å². The molecule has 6 unspecified atom stereocenters. The number of alkyl halides is 2. The van der Waals surface area contributed by atoms with E-state index in [1.54, 1.807) is 13.0 Å². The van der Waals surface area contributed by atoms with Crippen molar-refractivity contribution in [2.24, 2.45) is 17.8 Å². The maximum absolute atomic E-state index is 14.6. The second kappa shape index (κ2) is 12.8. The minimum absolute atomic E-state index is 0.0293. The van der Waals surface area contributed by atoms with Crippen LogP contribution in [0.15, 0.2) is 66.2 Å². The minimum atomic E-state index is -2.34. The number of allylic oxidation sites excluding steroid dienone is 2. The molecule has 3 aromatic carbocycles. The third kappa shape index (κ3) is 4.99. The molecule has 4 amide bonds. The van der Waals surface area contributed by atoms with Gasteiger partial charge in [-0.25, -0.2) is 14.2 Å². The molecular weight excluding hydrogens is 752 g/mol. The molecule has 7 rings (SSSR count). The van der Waals surface area contributed by atoms with E-state index < -0.39 is 102 Å². The molecule has 2 aliphatic heterocycles. The van der Waals surface area contributed by atoms with Crippen LogP contribution in [0.4, 0.5) is 32.8 Å². The van der Waals surface area contributed by atoms with E-state index in [1.807, 2.05) is 0 Å². The molecule has 54 heavy (non-hydrogen) atoms. The average Bonchev–Trinajstić information content (AvgIpc) is 3.46. The monoisotopic (exact) mass is 781 g/mol. The predicted octanol–water partition coefficient (Wildman–Crippen LogP) is 5.58. The number of rotatable bonds is 8. The van der Waals surface area contributed by atoms with Gasteiger partial charge in [0.25, 0.3) is 11.8 Å². The summed E-state index contributed by atoms with van der Waals surface area (Å²) >= 11 is 14.7. The number of nitro groups is 2. The van der Waals surface area contributed by atoms with E-state index in [1.165, 1.54) is 49.3 Å². The SMILES string of the molecule is CCOc1cccc(C2C3=CCC4C(=O)N(c5cc([N+](=O)[O-])c(N(C)C)c([N+](=O)[O-])c5)C(=O)C4C3CC3(Cl)C(=O)N(c4ccc(F)cc4)C(=O)C23Cl)c1O. The number of hydrogen-bond donors (Lipinski definition) is 1. The van der Waals surface area contributed by atoms with Gasteiger partial charge in [-0.15, -0.1) is 23.2 Å². The molecule has 4 aliphatic rings. The zero-order valence-electron chi connectivity index (χ0n) is 28.7. The fraction of sp³-hybridized carbons (Fsp3) is 0.333. The molecule has 1 N–H and O–H groups in total. The first-order valence-corrected chi connectivity index (χ1v) is 17.4. The Bertz CT molecular complexity index is 2200. The van der Waals surface area contributed by atoms with E-state index in [0.717, 1.165) is 29.2 Å². The van der Waals surface area contributed by atoms with Crippen molar-refractivity contribution in [3.63, 3.8) is 0 Å². The zero-order chi connectivity index (χ0) is 39.2. The van der Waals surface area contributed by atoms with Crippen molar-refractivity contribution in [2.75, 3.05) is 35.4 Å². The number of halogens is 3. The van der Waals surface area contributed by atoms with Crippen LogP contribution in [0.1, 0.15) is 31.2 Å². The van der Waals surface area contributed by atoms with Gasteiger partial charge in [-0.2, -0.15) is 0 Å². The van der Waals surface area contributed by atoms with Crippen LogP contribution >= 0.6 is 23.2 Å². The lowest BCUT2D eigenvalue weighted by Crippen LogP contribution is -2.60. The molecule has 2 heterocycles. The molecule has 6 atom stereocenters. The second-order valence-corrected chi connectivity index (χ2v) is 14.9. The van der Waals surface area contributed by atoms with E-state index in [4.69, 9.17) is 27.9 Å². The summed E-state index contributed by atoms with van der Waals surface area (Å²) < 4.78 is 19.6. The molecule has 1 saturated carbocycles. The highest BCUT2D eigenvalue weighted by Crippen LogP contribution is 2.67. The predicted molar refractivity (Wildman–Crippen MR) is 192 cm³/mol. The highest BCUT2D eigenvalue weighted by Gasteiger charge is 2.77. The number of nitrogens with zero attached hydrogens (tertiary/aromatic N) is 5. The number of para-hydroxylation sites is 1. The second-order valence-electron chi connectivity index (χ2n) is 13.6. The lowest BCUT2D eigenvalue weighted by Gasteiger charge is -2.50. The average molecular weight is 783 g/mol. The van der Waals surface area contributed by atoms with Crippen molar-refractivity contribution in [3.8, 4) is 11.5 Å².